The molecular formula is C13H18BrNO2. The standard InChI is InChI=1S/C13H18BrNO2/c1-15-7-11-6-12(14)4-5-13(11)17-9-16-8-10-2-3-10/h4-6,10,15H,2-3,7-9H2,1H3. The fraction of sp³-hybridized carbons (Fsp3) is 0.538. The molecule has 0 atom stereocenters. The van der Waals surface area contributed by atoms with Gasteiger partial charge in [0, 0.05) is 16.6 Å². The lowest BCUT2D eigenvalue weighted by Crippen LogP contribution is -2.10. The van der Waals surface area contributed by atoms with Crippen molar-refractivity contribution in [3.63, 3.8) is 0 Å². The average molecular weight is 300 g/mol. The molecular weight excluding hydrogens is 282 g/mol. The second-order valence-corrected chi connectivity index (χ2v) is 5.27. The fourth-order valence-electron chi connectivity index (χ4n) is 1.62. The molecule has 0 aliphatic heterocycles. The van der Waals surface area contributed by atoms with Crippen LogP contribution in [-0.4, -0.2) is 20.4 Å². The highest BCUT2D eigenvalue weighted by Gasteiger charge is 2.21. The topological polar surface area (TPSA) is 30.5 Å². The van der Waals surface area contributed by atoms with Crippen molar-refractivity contribution >= 4 is 15.9 Å². The fourth-order valence-corrected chi connectivity index (χ4v) is 2.03. The maximum absolute atomic E-state index is 5.64. The van der Waals surface area contributed by atoms with E-state index in [-0.39, 0.29) is 0 Å². The molecule has 0 spiro atoms. The second kappa shape index (κ2) is 6.38. The number of nitrogens with one attached hydrogen (secondary N) is 1. The summed E-state index contributed by atoms with van der Waals surface area (Å²) in [7, 11) is 1.92. The van der Waals surface area contributed by atoms with E-state index in [4.69, 9.17) is 9.47 Å². The summed E-state index contributed by atoms with van der Waals surface area (Å²) in [4.78, 5) is 0. The smallest absolute Gasteiger partial charge is 0.189 e. The summed E-state index contributed by atoms with van der Waals surface area (Å²) in [6.07, 6.45) is 2.62. The van der Waals surface area contributed by atoms with Gasteiger partial charge in [0.1, 0.15) is 5.75 Å². The first-order chi connectivity index (χ1) is 8.29. The molecule has 0 saturated heterocycles. The molecule has 94 valence electrons. The molecule has 0 aromatic heterocycles. The minimum atomic E-state index is 0.342. The number of hydrogen-bond acceptors (Lipinski definition) is 3. The van der Waals surface area contributed by atoms with E-state index in [0.717, 1.165) is 34.9 Å². The van der Waals surface area contributed by atoms with E-state index in [1.54, 1.807) is 0 Å². The van der Waals surface area contributed by atoms with Crippen molar-refractivity contribution in [1.29, 1.82) is 0 Å². The van der Waals surface area contributed by atoms with Crippen LogP contribution < -0.4 is 10.1 Å². The van der Waals surface area contributed by atoms with Crippen LogP contribution in [0, 0.1) is 5.92 Å². The molecule has 1 N–H and O–H groups in total. The van der Waals surface area contributed by atoms with Gasteiger partial charge in [0.25, 0.3) is 0 Å². The van der Waals surface area contributed by atoms with Gasteiger partial charge in [-0.1, -0.05) is 15.9 Å². The van der Waals surface area contributed by atoms with E-state index < -0.39 is 0 Å². The van der Waals surface area contributed by atoms with Crippen molar-refractivity contribution in [2.75, 3.05) is 20.4 Å². The highest BCUT2D eigenvalue weighted by molar-refractivity contribution is 9.10. The number of halogens is 1. The summed E-state index contributed by atoms with van der Waals surface area (Å²) < 4.78 is 12.2. The van der Waals surface area contributed by atoms with E-state index in [9.17, 15) is 0 Å². The first-order valence-corrected chi connectivity index (χ1v) is 6.72. The van der Waals surface area contributed by atoms with Crippen molar-refractivity contribution in [3.05, 3.63) is 28.2 Å². The molecule has 0 radical (unpaired) electrons. The van der Waals surface area contributed by atoms with Gasteiger partial charge < -0.3 is 14.8 Å². The Kier molecular flexibility index (Phi) is 4.83. The molecule has 3 nitrogen and oxygen atoms in total. The van der Waals surface area contributed by atoms with E-state index >= 15 is 0 Å². The van der Waals surface area contributed by atoms with Gasteiger partial charge >= 0.3 is 0 Å². The van der Waals surface area contributed by atoms with Gasteiger partial charge in [-0.25, -0.2) is 0 Å². The van der Waals surface area contributed by atoms with Crippen molar-refractivity contribution in [3.8, 4) is 5.75 Å². The molecule has 17 heavy (non-hydrogen) atoms. The second-order valence-electron chi connectivity index (χ2n) is 4.36. The molecule has 0 amide bonds. The Morgan fingerprint density at radius 1 is 1.41 bits per heavy atom. The zero-order chi connectivity index (χ0) is 12.1. The average Bonchev–Trinajstić information content (AvgIpc) is 3.11. The van der Waals surface area contributed by atoms with Gasteiger partial charge in [-0.05, 0) is 44.0 Å². The molecule has 2 rings (SSSR count). The lowest BCUT2D eigenvalue weighted by Gasteiger charge is -2.12. The van der Waals surface area contributed by atoms with Crippen LogP contribution >= 0.6 is 15.9 Å². The van der Waals surface area contributed by atoms with Crippen LogP contribution in [0.15, 0.2) is 22.7 Å². The minimum absolute atomic E-state index is 0.342. The van der Waals surface area contributed by atoms with Crippen LogP contribution in [0.4, 0.5) is 0 Å². The van der Waals surface area contributed by atoms with Crippen LogP contribution in [0.3, 0.4) is 0 Å². The van der Waals surface area contributed by atoms with Crippen molar-refractivity contribution in [1.82, 2.24) is 5.32 Å². The number of benzene rings is 1. The molecule has 1 aliphatic carbocycles. The summed E-state index contributed by atoms with van der Waals surface area (Å²) in [5.41, 5.74) is 1.14. The van der Waals surface area contributed by atoms with Gasteiger partial charge in [-0.15, -0.1) is 0 Å². The molecule has 0 bridgehead atoms. The van der Waals surface area contributed by atoms with Gasteiger partial charge in [0.2, 0.25) is 0 Å². The molecule has 1 aromatic carbocycles. The third kappa shape index (κ3) is 4.30. The van der Waals surface area contributed by atoms with Crippen molar-refractivity contribution in [2.24, 2.45) is 5.92 Å². The Balaban J connectivity index is 1.84. The monoisotopic (exact) mass is 299 g/mol. The maximum Gasteiger partial charge on any atom is 0.189 e. The molecule has 1 fully saturated rings. The zero-order valence-electron chi connectivity index (χ0n) is 10.0. The summed E-state index contributed by atoms with van der Waals surface area (Å²) in [5, 5.41) is 3.13. The quantitative estimate of drug-likeness (QED) is 0.620. The van der Waals surface area contributed by atoms with Crippen LogP contribution in [0.25, 0.3) is 0 Å². The number of rotatable bonds is 7. The Morgan fingerprint density at radius 2 is 2.24 bits per heavy atom. The van der Waals surface area contributed by atoms with Crippen LogP contribution in [0.5, 0.6) is 5.75 Å². The third-order valence-corrected chi connectivity index (χ3v) is 3.23. The third-order valence-electron chi connectivity index (χ3n) is 2.74. The lowest BCUT2D eigenvalue weighted by molar-refractivity contribution is 0.00942. The Labute approximate surface area is 111 Å². The summed E-state index contributed by atoms with van der Waals surface area (Å²) in [5.74, 6) is 1.67. The molecule has 4 heteroatoms. The summed E-state index contributed by atoms with van der Waals surface area (Å²) >= 11 is 3.46. The Bertz CT molecular complexity index is 366. The van der Waals surface area contributed by atoms with Crippen LogP contribution in [-0.2, 0) is 11.3 Å². The van der Waals surface area contributed by atoms with E-state index in [1.807, 2.05) is 19.2 Å². The van der Waals surface area contributed by atoms with Crippen molar-refractivity contribution in [2.45, 2.75) is 19.4 Å². The Hall–Kier alpha value is -0.580. The zero-order valence-corrected chi connectivity index (χ0v) is 11.6. The number of hydrogen-bond donors (Lipinski definition) is 1. The first kappa shape index (κ1) is 12.9. The maximum atomic E-state index is 5.64. The van der Waals surface area contributed by atoms with Gasteiger partial charge in [0.15, 0.2) is 6.79 Å². The molecule has 1 saturated carbocycles. The van der Waals surface area contributed by atoms with E-state index in [2.05, 4.69) is 27.3 Å². The predicted molar refractivity (Wildman–Crippen MR) is 71.1 cm³/mol. The van der Waals surface area contributed by atoms with Crippen LogP contribution in [0.2, 0.25) is 0 Å². The minimum Gasteiger partial charge on any atom is -0.467 e. The Morgan fingerprint density at radius 3 is 2.94 bits per heavy atom. The highest BCUT2D eigenvalue weighted by Crippen LogP contribution is 2.29. The molecule has 1 aromatic rings. The van der Waals surface area contributed by atoms with E-state index in [0.29, 0.717) is 6.79 Å². The van der Waals surface area contributed by atoms with Gasteiger partial charge in [0.05, 0.1) is 6.61 Å². The summed E-state index contributed by atoms with van der Waals surface area (Å²) in [6, 6.07) is 6.01. The lowest BCUT2D eigenvalue weighted by atomic mass is 10.2. The highest BCUT2D eigenvalue weighted by atomic mass is 79.9. The first-order valence-electron chi connectivity index (χ1n) is 5.93. The molecule has 1 aliphatic rings. The number of ether oxygens (including phenoxy) is 2. The summed E-state index contributed by atoms with van der Waals surface area (Å²) in [6.45, 7) is 1.96. The normalized spacial score (nSPS) is 14.9. The SMILES string of the molecule is CNCc1cc(Br)ccc1OCOCC1CC1. The largest absolute Gasteiger partial charge is 0.467 e. The molecule has 0 heterocycles. The van der Waals surface area contributed by atoms with Gasteiger partial charge in [-0.3, -0.25) is 0 Å². The predicted octanol–water partition coefficient (Wildman–Crippen LogP) is 2.93. The van der Waals surface area contributed by atoms with Gasteiger partial charge in [-0.2, -0.15) is 0 Å². The molecule has 0 unspecified atom stereocenters. The van der Waals surface area contributed by atoms with Crippen molar-refractivity contribution < 1.29 is 9.47 Å². The van der Waals surface area contributed by atoms with Crippen LogP contribution in [0.1, 0.15) is 18.4 Å². The van der Waals surface area contributed by atoms with E-state index in [1.165, 1.54) is 12.8 Å².